The van der Waals surface area contributed by atoms with E-state index in [-0.39, 0.29) is 0 Å². The maximum Gasteiger partial charge on any atom is 0.0476 e. The van der Waals surface area contributed by atoms with Crippen LogP contribution in [0.25, 0.3) is 0 Å². The lowest BCUT2D eigenvalue weighted by Crippen LogP contribution is -2.38. The highest BCUT2D eigenvalue weighted by Gasteiger charge is 2.20. The normalized spacial score (nSPS) is 26.5. The fourth-order valence-corrected chi connectivity index (χ4v) is 1.85. The van der Waals surface area contributed by atoms with Gasteiger partial charge in [0, 0.05) is 32.3 Å². The van der Waals surface area contributed by atoms with E-state index >= 15 is 0 Å². The highest BCUT2D eigenvalue weighted by molar-refractivity contribution is 4.80. The molecule has 0 amide bonds. The molecule has 0 aromatic heterocycles. The van der Waals surface area contributed by atoms with Crippen LogP contribution >= 0.6 is 0 Å². The van der Waals surface area contributed by atoms with E-state index in [2.05, 4.69) is 24.2 Å². The molecule has 1 fully saturated rings. The van der Waals surface area contributed by atoms with Gasteiger partial charge < -0.3 is 15.0 Å². The van der Waals surface area contributed by atoms with Gasteiger partial charge >= 0.3 is 0 Å². The van der Waals surface area contributed by atoms with E-state index in [1.54, 1.807) is 7.11 Å². The molecule has 3 nitrogen and oxygen atoms in total. The van der Waals surface area contributed by atoms with Crippen molar-refractivity contribution in [3.05, 3.63) is 0 Å². The number of methoxy groups -OCH3 is 1. The minimum absolute atomic E-state index is 0.580. The maximum atomic E-state index is 5.05. The van der Waals surface area contributed by atoms with Crippen LogP contribution < -0.4 is 5.32 Å². The Kier molecular flexibility index (Phi) is 4.70. The van der Waals surface area contributed by atoms with Gasteiger partial charge in [0.2, 0.25) is 0 Å². The number of nitrogens with zero attached hydrogens (tertiary/aromatic N) is 1. The first kappa shape index (κ1) is 11.0. The Hall–Kier alpha value is -0.120. The summed E-state index contributed by atoms with van der Waals surface area (Å²) in [7, 11) is 3.94. The number of hydrogen-bond donors (Lipinski definition) is 1. The fourth-order valence-electron chi connectivity index (χ4n) is 1.85. The van der Waals surface area contributed by atoms with E-state index < -0.39 is 0 Å². The third-order valence-corrected chi connectivity index (χ3v) is 2.67. The summed E-state index contributed by atoms with van der Waals surface area (Å²) in [5.74, 6) is 0. The molecule has 2 unspecified atom stereocenters. The van der Waals surface area contributed by atoms with Crippen molar-refractivity contribution < 1.29 is 4.74 Å². The SMILES string of the molecule is COCCC(C)NC1CCN(C)C1. The second-order valence-electron chi connectivity index (χ2n) is 4.10. The van der Waals surface area contributed by atoms with Gasteiger partial charge in [-0.25, -0.2) is 0 Å². The monoisotopic (exact) mass is 186 g/mol. The van der Waals surface area contributed by atoms with Crippen LogP contribution in [-0.2, 0) is 4.74 Å². The van der Waals surface area contributed by atoms with E-state index in [1.807, 2.05) is 0 Å². The molecule has 1 heterocycles. The molecule has 0 aromatic carbocycles. The van der Waals surface area contributed by atoms with Crippen LogP contribution in [0.3, 0.4) is 0 Å². The zero-order valence-corrected chi connectivity index (χ0v) is 9.05. The molecule has 0 saturated carbocycles. The molecular weight excluding hydrogens is 164 g/mol. The van der Waals surface area contributed by atoms with E-state index in [0.29, 0.717) is 12.1 Å². The number of likely N-dealkylation sites (N-methyl/N-ethyl adjacent to an activating group) is 1. The molecule has 13 heavy (non-hydrogen) atoms. The lowest BCUT2D eigenvalue weighted by molar-refractivity contribution is 0.182. The standard InChI is InChI=1S/C10H22N2O/c1-9(5-7-13-3)11-10-4-6-12(2)8-10/h9-11H,4-8H2,1-3H3. The molecule has 0 spiro atoms. The molecule has 2 atom stereocenters. The van der Waals surface area contributed by atoms with Crippen molar-refractivity contribution in [1.29, 1.82) is 0 Å². The van der Waals surface area contributed by atoms with E-state index in [4.69, 9.17) is 4.74 Å². The van der Waals surface area contributed by atoms with E-state index in [0.717, 1.165) is 13.0 Å². The summed E-state index contributed by atoms with van der Waals surface area (Å²) in [6.07, 6.45) is 2.39. The molecule has 78 valence electrons. The molecule has 0 aromatic rings. The molecule has 1 rings (SSSR count). The minimum Gasteiger partial charge on any atom is -0.385 e. The van der Waals surface area contributed by atoms with Gasteiger partial charge in [0.05, 0.1) is 0 Å². The molecule has 1 saturated heterocycles. The topological polar surface area (TPSA) is 24.5 Å². The quantitative estimate of drug-likeness (QED) is 0.684. The average molecular weight is 186 g/mol. The summed E-state index contributed by atoms with van der Waals surface area (Å²) in [6, 6.07) is 1.27. The Morgan fingerprint density at radius 2 is 2.38 bits per heavy atom. The molecule has 0 radical (unpaired) electrons. The van der Waals surface area contributed by atoms with Crippen LogP contribution in [0.4, 0.5) is 0 Å². The van der Waals surface area contributed by atoms with Gasteiger partial charge in [-0.3, -0.25) is 0 Å². The van der Waals surface area contributed by atoms with E-state index in [1.165, 1.54) is 19.5 Å². The molecule has 1 aliphatic heterocycles. The van der Waals surface area contributed by atoms with Crippen LogP contribution in [0.5, 0.6) is 0 Å². The van der Waals surface area contributed by atoms with Crippen LogP contribution in [0.15, 0.2) is 0 Å². The van der Waals surface area contributed by atoms with Crippen molar-refractivity contribution in [2.75, 3.05) is 33.9 Å². The van der Waals surface area contributed by atoms with Crippen LogP contribution in [0.1, 0.15) is 19.8 Å². The molecule has 1 aliphatic rings. The van der Waals surface area contributed by atoms with Gasteiger partial charge in [-0.15, -0.1) is 0 Å². The summed E-state index contributed by atoms with van der Waals surface area (Å²) in [5, 5.41) is 3.62. The fraction of sp³-hybridized carbons (Fsp3) is 1.00. The highest BCUT2D eigenvalue weighted by atomic mass is 16.5. The minimum atomic E-state index is 0.580. The van der Waals surface area contributed by atoms with Crippen molar-refractivity contribution in [3.8, 4) is 0 Å². The van der Waals surface area contributed by atoms with Crippen molar-refractivity contribution in [3.63, 3.8) is 0 Å². The number of rotatable bonds is 5. The smallest absolute Gasteiger partial charge is 0.0476 e. The first-order chi connectivity index (χ1) is 6.22. The Labute approximate surface area is 81.4 Å². The zero-order chi connectivity index (χ0) is 9.68. The summed E-state index contributed by atoms with van der Waals surface area (Å²) in [6.45, 7) is 5.51. The van der Waals surface area contributed by atoms with Gasteiger partial charge in [-0.2, -0.15) is 0 Å². The molecule has 1 N–H and O–H groups in total. The van der Waals surface area contributed by atoms with Crippen LogP contribution in [-0.4, -0.2) is 50.8 Å². The highest BCUT2D eigenvalue weighted by Crippen LogP contribution is 2.07. The third kappa shape index (κ3) is 4.07. The Morgan fingerprint density at radius 1 is 1.62 bits per heavy atom. The molecular formula is C10H22N2O. The van der Waals surface area contributed by atoms with Gasteiger partial charge in [0.15, 0.2) is 0 Å². The van der Waals surface area contributed by atoms with Crippen LogP contribution in [0, 0.1) is 0 Å². The van der Waals surface area contributed by atoms with Crippen LogP contribution in [0.2, 0.25) is 0 Å². The predicted octanol–water partition coefficient (Wildman–Crippen LogP) is 0.705. The summed E-state index contributed by atoms with van der Waals surface area (Å²) in [4.78, 5) is 2.38. The second-order valence-corrected chi connectivity index (χ2v) is 4.10. The number of ether oxygens (including phenoxy) is 1. The third-order valence-electron chi connectivity index (χ3n) is 2.67. The van der Waals surface area contributed by atoms with Crippen molar-refractivity contribution >= 4 is 0 Å². The van der Waals surface area contributed by atoms with Crippen molar-refractivity contribution in [1.82, 2.24) is 10.2 Å². The lowest BCUT2D eigenvalue weighted by Gasteiger charge is -2.18. The van der Waals surface area contributed by atoms with Gasteiger partial charge in [0.1, 0.15) is 0 Å². The number of hydrogen-bond acceptors (Lipinski definition) is 3. The number of likely N-dealkylation sites (tertiary alicyclic amines) is 1. The maximum absolute atomic E-state index is 5.05. The molecule has 0 bridgehead atoms. The van der Waals surface area contributed by atoms with Gasteiger partial charge in [0.25, 0.3) is 0 Å². The van der Waals surface area contributed by atoms with Crippen molar-refractivity contribution in [2.45, 2.75) is 31.8 Å². The van der Waals surface area contributed by atoms with E-state index in [9.17, 15) is 0 Å². The Bertz CT molecular complexity index is 141. The first-order valence-corrected chi connectivity index (χ1v) is 5.16. The first-order valence-electron chi connectivity index (χ1n) is 5.16. The predicted molar refractivity (Wildman–Crippen MR) is 55.0 cm³/mol. The van der Waals surface area contributed by atoms with Gasteiger partial charge in [-0.05, 0) is 33.4 Å². The van der Waals surface area contributed by atoms with Crippen molar-refractivity contribution in [2.24, 2.45) is 0 Å². The summed E-state index contributed by atoms with van der Waals surface area (Å²) < 4.78 is 5.05. The average Bonchev–Trinajstić information content (AvgIpc) is 2.48. The van der Waals surface area contributed by atoms with Gasteiger partial charge in [-0.1, -0.05) is 0 Å². The second kappa shape index (κ2) is 5.58. The summed E-state index contributed by atoms with van der Waals surface area (Å²) in [5.41, 5.74) is 0. The molecule has 3 heteroatoms. The Balaban J connectivity index is 2.09. The lowest BCUT2D eigenvalue weighted by atomic mass is 10.2. The zero-order valence-electron chi connectivity index (χ0n) is 9.05. The molecule has 0 aliphatic carbocycles. The number of nitrogens with one attached hydrogen (secondary N) is 1. The Morgan fingerprint density at radius 3 is 2.92 bits per heavy atom. The summed E-state index contributed by atoms with van der Waals surface area (Å²) >= 11 is 0. The largest absolute Gasteiger partial charge is 0.385 e.